The molecule has 0 bridgehead atoms. The number of phosphoric ester groups is 1. The zero-order chi connectivity index (χ0) is 40.7. The van der Waals surface area contributed by atoms with Gasteiger partial charge in [-0.25, -0.2) is 0 Å². The van der Waals surface area contributed by atoms with Crippen molar-refractivity contribution >= 4 is 19.8 Å². The Kier molecular flexibility index (Phi) is 36.6. The van der Waals surface area contributed by atoms with Gasteiger partial charge < -0.3 is 27.9 Å². The lowest BCUT2D eigenvalue weighted by atomic mass is 10.0. The molecule has 0 heterocycles. The molecule has 1 unspecified atom stereocenters. The van der Waals surface area contributed by atoms with Gasteiger partial charge in [0, 0.05) is 12.8 Å². The van der Waals surface area contributed by atoms with Crippen molar-refractivity contribution in [3.63, 3.8) is 0 Å². The third-order valence-corrected chi connectivity index (χ3v) is 10.4. The summed E-state index contributed by atoms with van der Waals surface area (Å²) < 4.78 is 33.9. The molecule has 0 aliphatic rings. The lowest BCUT2D eigenvalue weighted by molar-refractivity contribution is -0.870. The van der Waals surface area contributed by atoms with E-state index in [1.165, 1.54) is 83.5 Å². The summed E-state index contributed by atoms with van der Waals surface area (Å²) in [7, 11) is 1.15. The SMILES string of the molecule is CC/C=C\C/C=C\C/C=C\CCCCCCCC(=O)O[C@H](COC(=O)CCCCCCCCCCCCCCCCCC)COP(=O)([O-])OCC[N+](C)(C)C. The van der Waals surface area contributed by atoms with Crippen LogP contribution in [0.25, 0.3) is 0 Å². The molecule has 0 aromatic rings. The molecule has 0 aromatic carbocycles. The van der Waals surface area contributed by atoms with Gasteiger partial charge in [-0.3, -0.25) is 14.2 Å². The van der Waals surface area contributed by atoms with E-state index in [4.69, 9.17) is 18.5 Å². The van der Waals surface area contributed by atoms with Crippen molar-refractivity contribution in [2.24, 2.45) is 0 Å². The van der Waals surface area contributed by atoms with Crippen molar-refractivity contribution in [2.45, 2.75) is 193 Å². The summed E-state index contributed by atoms with van der Waals surface area (Å²) in [6.07, 6.45) is 41.7. The number of carbonyl (C=O) groups excluding carboxylic acids is 2. The average molecular weight is 798 g/mol. The minimum Gasteiger partial charge on any atom is -0.756 e. The molecular weight excluding hydrogens is 713 g/mol. The van der Waals surface area contributed by atoms with Crippen LogP contribution < -0.4 is 4.89 Å². The van der Waals surface area contributed by atoms with Gasteiger partial charge in [-0.05, 0) is 44.9 Å². The average Bonchev–Trinajstić information content (AvgIpc) is 3.13. The molecule has 0 amide bonds. The van der Waals surface area contributed by atoms with Gasteiger partial charge in [0.15, 0.2) is 6.10 Å². The summed E-state index contributed by atoms with van der Waals surface area (Å²) in [4.78, 5) is 37.5. The second kappa shape index (κ2) is 37.8. The maximum Gasteiger partial charge on any atom is 0.306 e. The zero-order valence-corrected chi connectivity index (χ0v) is 37.0. The summed E-state index contributed by atoms with van der Waals surface area (Å²) in [5.41, 5.74) is 0. The van der Waals surface area contributed by atoms with E-state index in [2.05, 4.69) is 50.3 Å². The van der Waals surface area contributed by atoms with Gasteiger partial charge in [0.05, 0.1) is 27.7 Å². The van der Waals surface area contributed by atoms with Crippen LogP contribution in [0.15, 0.2) is 36.5 Å². The normalized spacial score (nSPS) is 13.9. The van der Waals surface area contributed by atoms with E-state index in [9.17, 15) is 19.0 Å². The molecule has 0 radical (unpaired) electrons. The number of phosphoric acid groups is 1. The number of unbranched alkanes of at least 4 members (excludes halogenated alkanes) is 20. The van der Waals surface area contributed by atoms with Gasteiger partial charge in [-0.2, -0.15) is 0 Å². The number of ether oxygens (including phenoxy) is 2. The highest BCUT2D eigenvalue weighted by molar-refractivity contribution is 7.45. The predicted molar refractivity (Wildman–Crippen MR) is 227 cm³/mol. The van der Waals surface area contributed by atoms with Crippen LogP contribution in [0.4, 0.5) is 0 Å². The number of hydrogen-bond donors (Lipinski definition) is 0. The molecule has 0 N–H and O–H groups in total. The minimum absolute atomic E-state index is 0.0339. The first kappa shape index (κ1) is 53.2. The fourth-order valence-corrected chi connectivity index (χ4v) is 6.69. The highest BCUT2D eigenvalue weighted by Crippen LogP contribution is 2.38. The molecule has 0 aliphatic carbocycles. The van der Waals surface area contributed by atoms with Crippen molar-refractivity contribution < 1.29 is 42.1 Å². The number of quaternary nitrogens is 1. The number of esters is 2. The Labute approximate surface area is 338 Å². The largest absolute Gasteiger partial charge is 0.756 e. The Morgan fingerprint density at radius 3 is 1.55 bits per heavy atom. The van der Waals surface area contributed by atoms with E-state index in [0.717, 1.165) is 70.6 Å². The van der Waals surface area contributed by atoms with Crippen molar-refractivity contribution in [2.75, 3.05) is 47.5 Å². The fraction of sp³-hybridized carbons (Fsp3) is 0.822. The molecule has 0 rings (SSSR count). The van der Waals surface area contributed by atoms with E-state index in [-0.39, 0.29) is 32.0 Å². The molecule has 0 saturated heterocycles. The van der Waals surface area contributed by atoms with Crippen LogP contribution in [0.2, 0.25) is 0 Å². The van der Waals surface area contributed by atoms with E-state index in [1.807, 2.05) is 21.1 Å². The Morgan fingerprint density at radius 2 is 1.04 bits per heavy atom. The first-order valence-corrected chi connectivity index (χ1v) is 23.7. The van der Waals surface area contributed by atoms with Gasteiger partial charge in [-0.1, -0.05) is 166 Å². The summed E-state index contributed by atoms with van der Waals surface area (Å²) in [5.74, 6) is -0.850. The maximum absolute atomic E-state index is 12.7. The van der Waals surface area contributed by atoms with Crippen LogP contribution >= 0.6 is 7.82 Å². The van der Waals surface area contributed by atoms with Crippen molar-refractivity contribution in [1.29, 1.82) is 0 Å². The predicted octanol–water partition coefficient (Wildman–Crippen LogP) is 11.9. The third kappa shape index (κ3) is 41.7. The highest BCUT2D eigenvalue weighted by atomic mass is 31.2. The number of allylic oxidation sites excluding steroid dienone is 6. The van der Waals surface area contributed by atoms with Crippen LogP contribution in [0.3, 0.4) is 0 Å². The van der Waals surface area contributed by atoms with E-state index in [0.29, 0.717) is 17.4 Å². The van der Waals surface area contributed by atoms with E-state index in [1.54, 1.807) is 0 Å². The number of carbonyl (C=O) groups is 2. The molecular formula is C45H84NO8P. The van der Waals surface area contributed by atoms with E-state index >= 15 is 0 Å². The van der Waals surface area contributed by atoms with Gasteiger partial charge in [0.1, 0.15) is 19.8 Å². The molecule has 10 heteroatoms. The molecule has 0 saturated carbocycles. The van der Waals surface area contributed by atoms with Gasteiger partial charge in [0.25, 0.3) is 7.82 Å². The lowest BCUT2D eigenvalue weighted by Crippen LogP contribution is -2.37. The van der Waals surface area contributed by atoms with Crippen LogP contribution in [0.5, 0.6) is 0 Å². The molecule has 0 aliphatic heterocycles. The first-order chi connectivity index (χ1) is 26.5. The topological polar surface area (TPSA) is 111 Å². The Balaban J connectivity index is 4.36. The standard InChI is InChI=1S/C45H84NO8P/c1-6-8-10-12-14-16-18-20-22-24-25-27-29-31-33-35-37-44(47)51-41-43(42-53-55(49,50)52-40-39-46(3,4)5)54-45(48)38-36-34-32-30-28-26-23-21-19-17-15-13-11-9-7-2/h9,11,15,17,21,23,43H,6-8,10,12-14,16,18-20,22,24-42H2,1-5H3/b11-9-,17-15-,23-21-/t43-/m1/s1. The molecule has 0 spiro atoms. The maximum atomic E-state index is 12.7. The van der Waals surface area contributed by atoms with Crippen LogP contribution in [-0.2, 0) is 32.7 Å². The molecule has 2 atom stereocenters. The molecule has 9 nitrogen and oxygen atoms in total. The minimum atomic E-state index is -4.63. The molecule has 0 fully saturated rings. The van der Waals surface area contributed by atoms with Crippen molar-refractivity contribution in [3.8, 4) is 0 Å². The number of hydrogen-bond acceptors (Lipinski definition) is 8. The third-order valence-electron chi connectivity index (χ3n) is 9.42. The Bertz CT molecular complexity index is 1040. The van der Waals surface area contributed by atoms with Crippen molar-refractivity contribution in [1.82, 2.24) is 0 Å². The quantitative estimate of drug-likeness (QED) is 0.0198. The Morgan fingerprint density at radius 1 is 0.582 bits per heavy atom. The first-order valence-electron chi connectivity index (χ1n) is 22.2. The number of nitrogens with zero attached hydrogens (tertiary/aromatic N) is 1. The van der Waals surface area contributed by atoms with Crippen LogP contribution in [0, 0.1) is 0 Å². The summed E-state index contributed by atoms with van der Waals surface area (Å²) in [6.45, 7) is 4.10. The van der Waals surface area contributed by atoms with Crippen LogP contribution in [-0.4, -0.2) is 70.0 Å². The summed E-state index contributed by atoms with van der Waals surface area (Å²) in [5, 5.41) is 0. The molecule has 55 heavy (non-hydrogen) atoms. The summed E-state index contributed by atoms with van der Waals surface area (Å²) in [6, 6.07) is 0. The van der Waals surface area contributed by atoms with Gasteiger partial charge >= 0.3 is 11.9 Å². The second-order valence-electron chi connectivity index (χ2n) is 16.0. The number of rotatable bonds is 40. The Hall–Kier alpha value is -1.77. The lowest BCUT2D eigenvalue weighted by Gasteiger charge is -2.28. The van der Waals surface area contributed by atoms with Crippen LogP contribution in [0.1, 0.15) is 187 Å². The van der Waals surface area contributed by atoms with Gasteiger partial charge in [0.2, 0.25) is 0 Å². The number of likely N-dealkylation sites (N-methyl/N-ethyl adjacent to an activating group) is 1. The monoisotopic (exact) mass is 798 g/mol. The zero-order valence-electron chi connectivity index (χ0n) is 36.1. The fourth-order valence-electron chi connectivity index (χ4n) is 5.96. The highest BCUT2D eigenvalue weighted by Gasteiger charge is 2.21. The second-order valence-corrected chi connectivity index (χ2v) is 17.4. The summed E-state index contributed by atoms with van der Waals surface area (Å²) >= 11 is 0. The smallest absolute Gasteiger partial charge is 0.306 e. The van der Waals surface area contributed by atoms with Crippen molar-refractivity contribution in [3.05, 3.63) is 36.5 Å². The molecule has 0 aromatic heterocycles. The van der Waals surface area contributed by atoms with Gasteiger partial charge in [-0.15, -0.1) is 0 Å². The molecule has 322 valence electrons. The van der Waals surface area contributed by atoms with E-state index < -0.39 is 26.5 Å².